The third kappa shape index (κ3) is 2.66. The lowest BCUT2D eigenvalue weighted by molar-refractivity contribution is -0.152. The predicted molar refractivity (Wildman–Crippen MR) is 113 cm³/mol. The zero-order valence-electron chi connectivity index (χ0n) is 17.1. The number of halogens is 1. The molecule has 1 aromatic carbocycles. The van der Waals surface area contributed by atoms with Crippen LogP contribution in [0.2, 0.25) is 5.02 Å². The molecule has 4 aliphatic heterocycles. The molecule has 4 saturated heterocycles. The minimum atomic E-state index is -0.279. The summed E-state index contributed by atoms with van der Waals surface area (Å²) in [7, 11) is 3.80. The number of hydrogen-bond acceptors (Lipinski definition) is 7. The van der Waals surface area contributed by atoms with E-state index in [1.54, 1.807) is 4.68 Å². The molecule has 30 heavy (non-hydrogen) atoms. The lowest BCUT2D eigenvalue weighted by Crippen LogP contribution is -2.72. The molecule has 0 aliphatic carbocycles. The number of nitrogens with zero attached hydrogens (tertiary/aromatic N) is 4. The topological polar surface area (TPSA) is 89.5 Å². The van der Waals surface area contributed by atoms with Crippen LogP contribution in [0, 0.1) is 5.92 Å². The SMILES string of the molecule is CN1C(=O)C2C(NNC2c2ccc3nn(C)cc3c2Cl)NC1N1C2CCC1CNC2. The van der Waals surface area contributed by atoms with E-state index >= 15 is 0 Å². The molecule has 0 saturated carbocycles. The van der Waals surface area contributed by atoms with Gasteiger partial charge < -0.3 is 10.2 Å². The second-order valence-electron chi connectivity index (χ2n) is 8.95. The molecular formula is C20H27ClN8O. The minimum Gasteiger partial charge on any atom is -0.317 e. The number of hydrazine groups is 1. The van der Waals surface area contributed by atoms with Crippen molar-refractivity contribution in [3.8, 4) is 0 Å². The molecule has 2 aromatic rings. The van der Waals surface area contributed by atoms with Crippen molar-refractivity contribution in [2.24, 2.45) is 13.0 Å². The van der Waals surface area contributed by atoms with Gasteiger partial charge in [0.25, 0.3) is 0 Å². The van der Waals surface area contributed by atoms with E-state index in [1.807, 2.05) is 37.3 Å². The van der Waals surface area contributed by atoms with Crippen molar-refractivity contribution < 1.29 is 4.79 Å². The first-order chi connectivity index (χ1) is 14.5. The van der Waals surface area contributed by atoms with Crippen molar-refractivity contribution in [1.29, 1.82) is 0 Å². The number of nitrogens with one attached hydrogen (secondary N) is 4. The highest BCUT2D eigenvalue weighted by atomic mass is 35.5. The largest absolute Gasteiger partial charge is 0.317 e. The zero-order chi connectivity index (χ0) is 20.6. The molecule has 0 spiro atoms. The summed E-state index contributed by atoms with van der Waals surface area (Å²) in [5.74, 6) is -0.148. The van der Waals surface area contributed by atoms with Gasteiger partial charge in [-0.2, -0.15) is 5.10 Å². The first-order valence-corrected chi connectivity index (χ1v) is 11.0. The summed E-state index contributed by atoms with van der Waals surface area (Å²) in [6.45, 7) is 1.97. The van der Waals surface area contributed by atoms with Crippen molar-refractivity contribution in [1.82, 2.24) is 41.1 Å². The van der Waals surface area contributed by atoms with Gasteiger partial charge >= 0.3 is 0 Å². The van der Waals surface area contributed by atoms with Gasteiger partial charge in [0.15, 0.2) is 0 Å². The third-order valence-electron chi connectivity index (χ3n) is 7.26. The highest BCUT2D eigenvalue weighted by molar-refractivity contribution is 6.36. The van der Waals surface area contributed by atoms with Gasteiger partial charge in [-0.25, -0.2) is 10.9 Å². The molecule has 1 aromatic heterocycles. The maximum absolute atomic E-state index is 13.6. The number of rotatable bonds is 2. The summed E-state index contributed by atoms with van der Waals surface area (Å²) in [5, 5.41) is 13.2. The minimum absolute atomic E-state index is 0.0947. The van der Waals surface area contributed by atoms with E-state index in [9.17, 15) is 4.79 Å². The Labute approximate surface area is 180 Å². The van der Waals surface area contributed by atoms with Crippen LogP contribution in [0.15, 0.2) is 18.3 Å². The van der Waals surface area contributed by atoms with Gasteiger partial charge in [-0.05, 0) is 24.5 Å². The first-order valence-electron chi connectivity index (χ1n) is 10.7. The number of aryl methyl sites for hydroxylation is 1. The lowest BCUT2D eigenvalue weighted by Gasteiger charge is -2.49. The molecule has 160 valence electrons. The molecule has 4 N–H and O–H groups in total. The van der Waals surface area contributed by atoms with Crippen LogP contribution < -0.4 is 21.5 Å². The number of benzene rings is 1. The van der Waals surface area contributed by atoms with E-state index in [1.165, 1.54) is 12.8 Å². The smallest absolute Gasteiger partial charge is 0.232 e. The molecule has 4 aliphatic rings. The lowest BCUT2D eigenvalue weighted by atomic mass is 9.89. The van der Waals surface area contributed by atoms with E-state index in [2.05, 4.69) is 31.5 Å². The van der Waals surface area contributed by atoms with Crippen LogP contribution in [0.1, 0.15) is 24.4 Å². The Balaban J connectivity index is 1.31. The highest BCUT2D eigenvalue weighted by Gasteiger charge is 2.53. The van der Waals surface area contributed by atoms with Crippen molar-refractivity contribution in [3.05, 3.63) is 28.9 Å². The summed E-state index contributed by atoms with van der Waals surface area (Å²) >= 11 is 6.77. The Morgan fingerprint density at radius 1 is 1.13 bits per heavy atom. The standard InChI is InChI=1S/C20H27ClN8O/c1-27-9-13-14(26-27)6-5-12(16(13)21)17-15-18(25-24-17)23-20(28(2)19(15)30)29-10-3-4-11(29)8-22-7-10/h5-6,9-11,15,17-18,20,22-25H,3-4,7-8H2,1-2H3. The maximum Gasteiger partial charge on any atom is 0.232 e. The molecule has 4 fully saturated rings. The Bertz CT molecular complexity index is 994. The Morgan fingerprint density at radius 2 is 1.90 bits per heavy atom. The Hall–Kier alpha value is -1.75. The van der Waals surface area contributed by atoms with Gasteiger partial charge in [-0.15, -0.1) is 0 Å². The number of fused-ring (bicyclic) bond motifs is 4. The molecule has 5 heterocycles. The third-order valence-corrected chi connectivity index (χ3v) is 7.68. The fraction of sp³-hybridized carbons (Fsp3) is 0.600. The normalized spacial score (nSPS) is 36.6. The number of carbonyl (C=O) groups is 1. The quantitative estimate of drug-likeness (QED) is 0.537. The molecule has 6 rings (SSSR count). The molecule has 10 heteroatoms. The number of piperazine rings is 1. The fourth-order valence-electron chi connectivity index (χ4n) is 5.81. The van der Waals surface area contributed by atoms with Crippen LogP contribution in [0.3, 0.4) is 0 Å². The highest BCUT2D eigenvalue weighted by Crippen LogP contribution is 2.40. The summed E-state index contributed by atoms with van der Waals surface area (Å²) in [5.41, 5.74) is 8.44. The van der Waals surface area contributed by atoms with Gasteiger partial charge in [-0.3, -0.25) is 19.7 Å². The summed E-state index contributed by atoms with van der Waals surface area (Å²) in [6, 6.07) is 4.68. The number of carbonyl (C=O) groups excluding carboxylic acids is 1. The zero-order valence-corrected chi connectivity index (χ0v) is 17.9. The van der Waals surface area contributed by atoms with E-state index in [-0.39, 0.29) is 30.3 Å². The Kier molecular flexibility index (Phi) is 4.35. The van der Waals surface area contributed by atoms with Crippen LogP contribution in [0.25, 0.3) is 10.9 Å². The summed E-state index contributed by atoms with van der Waals surface area (Å²) in [4.78, 5) is 17.9. The second-order valence-corrected chi connectivity index (χ2v) is 9.33. The van der Waals surface area contributed by atoms with Crippen molar-refractivity contribution in [2.45, 2.75) is 43.4 Å². The Morgan fingerprint density at radius 3 is 2.67 bits per heavy atom. The van der Waals surface area contributed by atoms with Gasteiger partial charge in [0.1, 0.15) is 6.29 Å². The van der Waals surface area contributed by atoms with Crippen LogP contribution in [-0.2, 0) is 11.8 Å². The van der Waals surface area contributed by atoms with Crippen molar-refractivity contribution in [3.63, 3.8) is 0 Å². The molecular weight excluding hydrogens is 404 g/mol. The molecule has 1 amide bonds. The van der Waals surface area contributed by atoms with Crippen LogP contribution in [0.4, 0.5) is 0 Å². The van der Waals surface area contributed by atoms with Gasteiger partial charge in [0, 0.05) is 50.9 Å². The average molecular weight is 431 g/mol. The van der Waals surface area contributed by atoms with Gasteiger partial charge in [0.2, 0.25) is 5.91 Å². The van der Waals surface area contributed by atoms with Crippen molar-refractivity contribution in [2.75, 3.05) is 20.1 Å². The number of amides is 1. The first kappa shape index (κ1) is 19.0. The van der Waals surface area contributed by atoms with Gasteiger partial charge in [0.05, 0.1) is 28.7 Å². The maximum atomic E-state index is 13.6. The summed E-state index contributed by atoms with van der Waals surface area (Å²) in [6.07, 6.45) is 4.04. The predicted octanol–water partition coefficient (Wildman–Crippen LogP) is 0.0993. The molecule has 0 radical (unpaired) electrons. The second kappa shape index (κ2) is 6.88. The molecule has 6 atom stereocenters. The van der Waals surface area contributed by atoms with Crippen LogP contribution in [0.5, 0.6) is 0 Å². The van der Waals surface area contributed by atoms with E-state index in [4.69, 9.17) is 11.6 Å². The molecule has 2 bridgehead atoms. The number of hydrogen-bond donors (Lipinski definition) is 4. The molecule has 9 nitrogen and oxygen atoms in total. The van der Waals surface area contributed by atoms with Crippen molar-refractivity contribution >= 4 is 28.4 Å². The van der Waals surface area contributed by atoms with Crippen LogP contribution >= 0.6 is 11.6 Å². The fourth-order valence-corrected chi connectivity index (χ4v) is 6.14. The van der Waals surface area contributed by atoms with E-state index in [0.717, 1.165) is 29.6 Å². The van der Waals surface area contributed by atoms with E-state index in [0.29, 0.717) is 17.1 Å². The van der Waals surface area contributed by atoms with Gasteiger partial charge in [-0.1, -0.05) is 17.7 Å². The van der Waals surface area contributed by atoms with E-state index < -0.39 is 0 Å². The average Bonchev–Trinajstić information content (AvgIpc) is 3.38. The summed E-state index contributed by atoms with van der Waals surface area (Å²) < 4.78 is 1.76. The monoisotopic (exact) mass is 430 g/mol. The van der Waals surface area contributed by atoms with Crippen LogP contribution in [-0.4, -0.2) is 70.2 Å². The molecule has 6 unspecified atom stereocenters. The number of aromatic nitrogens is 2.